The first-order chi connectivity index (χ1) is 17.2. The first kappa shape index (κ1) is 26.3. The monoisotopic (exact) mass is 520 g/mol. The second kappa shape index (κ2) is 12.4. The number of rotatable bonds is 12. The van der Waals surface area contributed by atoms with E-state index in [0.29, 0.717) is 18.7 Å². The largest absolute Gasteiger partial charge is 0.354 e. The summed E-state index contributed by atoms with van der Waals surface area (Å²) in [4.78, 5) is 50.3. The molecular formula is C21H25FN8O5S. The standard InChI is InChI=1S/C21H25FN8O5S/c22-14-1-3-17(4-2-14)36(34,35)30-21(33)26-8-6-19(31)29-18(9-16-11-24-13-28-16)20(32)25-7-5-15-10-23-12-27-15/h1-4,10-13,18H,5-9H2,(H,23,27)(H,24,28)(H,25,32)(H,29,31)(H2,26,30,33)/t18-/m0/s1. The summed E-state index contributed by atoms with van der Waals surface area (Å²) in [6.07, 6.45) is 6.62. The number of H-pyrrole nitrogens is 2. The average Bonchev–Trinajstić information content (AvgIpc) is 3.53. The van der Waals surface area contributed by atoms with Crippen molar-refractivity contribution in [1.82, 2.24) is 40.6 Å². The summed E-state index contributed by atoms with van der Waals surface area (Å²) in [7, 11) is -4.21. The molecule has 0 aliphatic carbocycles. The number of carbonyl (C=O) groups is 3. The molecule has 0 spiro atoms. The third kappa shape index (κ3) is 8.19. The first-order valence-electron chi connectivity index (χ1n) is 10.8. The van der Waals surface area contributed by atoms with Crippen molar-refractivity contribution in [2.24, 2.45) is 0 Å². The van der Waals surface area contributed by atoms with E-state index in [4.69, 9.17) is 0 Å². The molecule has 3 aromatic rings. The lowest BCUT2D eigenvalue weighted by Gasteiger charge is -2.18. The first-order valence-corrected chi connectivity index (χ1v) is 12.3. The van der Waals surface area contributed by atoms with Crippen LogP contribution in [0.5, 0.6) is 0 Å². The lowest BCUT2D eigenvalue weighted by molar-refractivity contribution is -0.128. The van der Waals surface area contributed by atoms with Gasteiger partial charge in [0.25, 0.3) is 10.0 Å². The molecule has 2 aromatic heterocycles. The molecule has 0 unspecified atom stereocenters. The minimum Gasteiger partial charge on any atom is -0.354 e. The molecule has 0 aliphatic rings. The molecule has 0 saturated heterocycles. The molecule has 1 aromatic carbocycles. The van der Waals surface area contributed by atoms with E-state index in [1.54, 1.807) is 10.9 Å². The average molecular weight is 521 g/mol. The second-order valence-electron chi connectivity index (χ2n) is 7.58. The number of carbonyl (C=O) groups excluding carboxylic acids is 3. The maximum absolute atomic E-state index is 13.0. The number of amides is 4. The summed E-state index contributed by atoms with van der Waals surface area (Å²) < 4.78 is 39.1. The van der Waals surface area contributed by atoms with Crippen LogP contribution < -0.4 is 20.7 Å². The van der Waals surface area contributed by atoms with Crippen LogP contribution in [-0.4, -0.2) is 65.3 Å². The van der Waals surface area contributed by atoms with E-state index in [-0.39, 0.29) is 24.3 Å². The van der Waals surface area contributed by atoms with E-state index in [0.717, 1.165) is 30.0 Å². The van der Waals surface area contributed by atoms with Crippen molar-refractivity contribution in [3.05, 3.63) is 66.5 Å². The van der Waals surface area contributed by atoms with Gasteiger partial charge >= 0.3 is 6.03 Å². The Kier molecular flexibility index (Phi) is 9.10. The molecule has 13 nitrogen and oxygen atoms in total. The van der Waals surface area contributed by atoms with Crippen LogP contribution >= 0.6 is 0 Å². The number of sulfonamides is 1. The van der Waals surface area contributed by atoms with E-state index in [1.165, 1.54) is 18.9 Å². The minimum atomic E-state index is -4.21. The molecule has 192 valence electrons. The Morgan fingerprint density at radius 2 is 1.61 bits per heavy atom. The van der Waals surface area contributed by atoms with Gasteiger partial charge in [-0.1, -0.05) is 0 Å². The number of imidazole rings is 2. The third-order valence-corrected chi connectivity index (χ3v) is 6.21. The van der Waals surface area contributed by atoms with Gasteiger partial charge < -0.3 is 25.9 Å². The van der Waals surface area contributed by atoms with Gasteiger partial charge in [0.2, 0.25) is 11.8 Å². The Morgan fingerprint density at radius 1 is 0.944 bits per heavy atom. The predicted molar refractivity (Wildman–Crippen MR) is 124 cm³/mol. The van der Waals surface area contributed by atoms with Crippen molar-refractivity contribution in [2.75, 3.05) is 13.1 Å². The zero-order valence-corrected chi connectivity index (χ0v) is 19.8. The number of nitrogens with zero attached hydrogens (tertiary/aromatic N) is 2. The fraction of sp³-hybridized carbons (Fsp3) is 0.286. The Labute approximate surface area is 205 Å². The Hall–Kier alpha value is -4.27. The lowest BCUT2D eigenvalue weighted by Crippen LogP contribution is -2.49. The van der Waals surface area contributed by atoms with Crippen LogP contribution in [0.15, 0.2) is 54.2 Å². The van der Waals surface area contributed by atoms with Crippen LogP contribution in [0.2, 0.25) is 0 Å². The lowest BCUT2D eigenvalue weighted by atomic mass is 10.1. The van der Waals surface area contributed by atoms with Crippen molar-refractivity contribution in [3.63, 3.8) is 0 Å². The number of urea groups is 1. The fourth-order valence-corrected chi connectivity index (χ4v) is 4.01. The predicted octanol–water partition coefficient (Wildman–Crippen LogP) is -0.264. The van der Waals surface area contributed by atoms with E-state index >= 15 is 0 Å². The molecule has 2 heterocycles. The van der Waals surface area contributed by atoms with Gasteiger partial charge in [-0.05, 0) is 24.3 Å². The minimum absolute atomic E-state index is 0.158. The van der Waals surface area contributed by atoms with Gasteiger partial charge in [0.05, 0.1) is 17.6 Å². The van der Waals surface area contributed by atoms with Gasteiger partial charge in [0, 0.05) is 56.1 Å². The molecule has 4 amide bonds. The summed E-state index contributed by atoms with van der Waals surface area (Å²) in [6.45, 7) is 0.120. The Balaban J connectivity index is 1.46. The van der Waals surface area contributed by atoms with E-state index in [9.17, 15) is 27.2 Å². The topological polar surface area (TPSA) is 191 Å². The molecule has 15 heteroatoms. The van der Waals surface area contributed by atoms with Crippen molar-refractivity contribution in [2.45, 2.75) is 30.2 Å². The van der Waals surface area contributed by atoms with Gasteiger partial charge in [-0.2, -0.15) is 0 Å². The van der Waals surface area contributed by atoms with Crippen molar-refractivity contribution in [1.29, 1.82) is 0 Å². The van der Waals surface area contributed by atoms with Crippen LogP contribution in [0.3, 0.4) is 0 Å². The van der Waals surface area contributed by atoms with Crippen LogP contribution in [0, 0.1) is 5.82 Å². The smallest absolute Gasteiger partial charge is 0.328 e. The Bertz CT molecular complexity index is 1250. The Morgan fingerprint density at radius 3 is 2.25 bits per heavy atom. The molecule has 36 heavy (non-hydrogen) atoms. The summed E-state index contributed by atoms with van der Waals surface area (Å²) in [5, 5.41) is 7.62. The summed E-state index contributed by atoms with van der Waals surface area (Å²) >= 11 is 0. The summed E-state index contributed by atoms with van der Waals surface area (Å²) in [6, 6.07) is 1.95. The van der Waals surface area contributed by atoms with Gasteiger partial charge in [-0.15, -0.1) is 0 Å². The zero-order chi connectivity index (χ0) is 26.0. The molecule has 0 aliphatic heterocycles. The van der Waals surface area contributed by atoms with Crippen LogP contribution in [-0.2, 0) is 32.5 Å². The maximum atomic E-state index is 13.0. The molecule has 0 radical (unpaired) electrons. The van der Waals surface area contributed by atoms with E-state index < -0.39 is 39.7 Å². The van der Waals surface area contributed by atoms with Gasteiger partial charge in [0.15, 0.2) is 0 Å². The maximum Gasteiger partial charge on any atom is 0.328 e. The fourth-order valence-electron chi connectivity index (χ4n) is 3.08. The number of benzene rings is 1. The molecule has 6 N–H and O–H groups in total. The number of aromatic nitrogens is 4. The number of hydrogen-bond donors (Lipinski definition) is 6. The number of hydrogen-bond acceptors (Lipinski definition) is 7. The van der Waals surface area contributed by atoms with Crippen molar-refractivity contribution < 1.29 is 27.2 Å². The highest BCUT2D eigenvalue weighted by atomic mass is 32.2. The summed E-state index contributed by atoms with van der Waals surface area (Å²) in [5.41, 5.74) is 1.47. The van der Waals surface area contributed by atoms with E-state index in [2.05, 4.69) is 35.9 Å². The third-order valence-electron chi connectivity index (χ3n) is 4.87. The van der Waals surface area contributed by atoms with Crippen LogP contribution in [0.25, 0.3) is 0 Å². The normalized spacial score (nSPS) is 11.9. The van der Waals surface area contributed by atoms with Crippen LogP contribution in [0.4, 0.5) is 9.18 Å². The molecular weight excluding hydrogens is 495 g/mol. The molecule has 3 rings (SSSR count). The van der Waals surface area contributed by atoms with E-state index in [1.807, 2.05) is 0 Å². The van der Waals surface area contributed by atoms with Gasteiger partial charge in [-0.3, -0.25) is 9.59 Å². The second-order valence-corrected chi connectivity index (χ2v) is 9.27. The number of nitrogens with one attached hydrogen (secondary N) is 6. The molecule has 1 atom stereocenters. The SMILES string of the molecule is O=C(CCNC(=O)NS(=O)(=O)c1ccc(F)cc1)N[C@@H](Cc1cnc[nH]1)C(=O)NCCc1cnc[nH]1. The van der Waals surface area contributed by atoms with Crippen LogP contribution in [0.1, 0.15) is 17.8 Å². The quantitative estimate of drug-likeness (QED) is 0.189. The highest BCUT2D eigenvalue weighted by molar-refractivity contribution is 7.90. The van der Waals surface area contributed by atoms with Gasteiger partial charge in [0.1, 0.15) is 11.9 Å². The van der Waals surface area contributed by atoms with Crippen molar-refractivity contribution in [3.8, 4) is 0 Å². The highest BCUT2D eigenvalue weighted by Gasteiger charge is 2.22. The molecule has 0 fully saturated rings. The molecule has 0 saturated carbocycles. The number of aromatic amines is 2. The van der Waals surface area contributed by atoms with Crippen molar-refractivity contribution >= 4 is 27.9 Å². The zero-order valence-electron chi connectivity index (χ0n) is 19.0. The van der Waals surface area contributed by atoms with Gasteiger partial charge in [-0.25, -0.2) is 32.3 Å². The molecule has 0 bridgehead atoms. The summed E-state index contributed by atoms with van der Waals surface area (Å²) in [5.74, 6) is -1.57. The highest BCUT2D eigenvalue weighted by Crippen LogP contribution is 2.09. The number of halogens is 1.